The summed E-state index contributed by atoms with van der Waals surface area (Å²) < 4.78 is 5.57. The predicted octanol–water partition coefficient (Wildman–Crippen LogP) is 4.31. The molecule has 0 spiro atoms. The highest BCUT2D eigenvalue weighted by Gasteiger charge is 2.35. The molecule has 2 atom stereocenters. The van der Waals surface area contributed by atoms with Crippen LogP contribution < -0.4 is 10.6 Å². The van der Waals surface area contributed by atoms with Crippen molar-refractivity contribution in [2.45, 2.75) is 51.5 Å². The Morgan fingerprint density at radius 3 is 2.24 bits per heavy atom. The molecule has 2 aliphatic rings. The molecule has 7 heteroatoms. The fraction of sp³-hybridized carbons (Fsp3) is 0.444. The van der Waals surface area contributed by atoms with Crippen LogP contribution in [-0.4, -0.2) is 42.3 Å². The number of rotatable bonds is 8. The predicted molar refractivity (Wildman–Crippen MR) is 128 cm³/mol. The highest BCUT2D eigenvalue weighted by Crippen LogP contribution is 2.44. The van der Waals surface area contributed by atoms with Gasteiger partial charge in [-0.3, -0.25) is 9.59 Å². The number of carboxylic acids is 1. The van der Waals surface area contributed by atoms with E-state index >= 15 is 0 Å². The van der Waals surface area contributed by atoms with Gasteiger partial charge in [-0.15, -0.1) is 0 Å². The smallest absolute Gasteiger partial charge is 0.407 e. The van der Waals surface area contributed by atoms with Gasteiger partial charge in [0.15, 0.2) is 0 Å². The highest BCUT2D eigenvalue weighted by molar-refractivity contribution is 5.80. The van der Waals surface area contributed by atoms with Gasteiger partial charge in [0.1, 0.15) is 6.61 Å². The van der Waals surface area contributed by atoms with E-state index in [1.54, 1.807) is 0 Å². The second kappa shape index (κ2) is 9.87. The third kappa shape index (κ3) is 5.24. The number of alkyl carbamates (subject to hydrolysis) is 1. The molecule has 180 valence electrons. The number of carboxylic acid groups (broad SMARTS) is 1. The molecule has 0 saturated heterocycles. The summed E-state index contributed by atoms with van der Waals surface area (Å²) in [5.41, 5.74) is 4.14. The molecule has 2 aromatic carbocycles. The van der Waals surface area contributed by atoms with E-state index in [9.17, 15) is 19.5 Å². The zero-order valence-corrected chi connectivity index (χ0v) is 19.7. The van der Waals surface area contributed by atoms with Gasteiger partial charge in [0, 0.05) is 24.9 Å². The Bertz CT molecular complexity index is 1030. The van der Waals surface area contributed by atoms with Gasteiger partial charge in [0.05, 0.1) is 5.92 Å². The number of aliphatic carboxylic acids is 1. The molecule has 34 heavy (non-hydrogen) atoms. The van der Waals surface area contributed by atoms with Crippen LogP contribution in [0.4, 0.5) is 4.79 Å². The number of hydrogen-bond acceptors (Lipinski definition) is 4. The largest absolute Gasteiger partial charge is 0.481 e. The van der Waals surface area contributed by atoms with Crippen molar-refractivity contribution in [3.05, 3.63) is 59.7 Å². The van der Waals surface area contributed by atoms with E-state index in [2.05, 4.69) is 34.9 Å². The lowest BCUT2D eigenvalue weighted by Gasteiger charge is -2.26. The first kappa shape index (κ1) is 23.8. The standard InChI is InChI=1S/C27H32N2O5/c1-27(2,14-24(30)29-23-13-7-12-21(23)25(31)32)16-28-26(33)34-15-22-19-10-5-3-8-17(19)18-9-4-6-11-20(18)22/h3-6,8-11,21-23H,7,12-16H2,1-2H3,(H,28,33)(H,29,30)(H,31,32). The fourth-order valence-corrected chi connectivity index (χ4v) is 5.14. The van der Waals surface area contributed by atoms with Crippen molar-refractivity contribution in [1.29, 1.82) is 0 Å². The zero-order chi connectivity index (χ0) is 24.3. The quantitative estimate of drug-likeness (QED) is 0.540. The lowest BCUT2D eigenvalue weighted by molar-refractivity contribution is -0.142. The van der Waals surface area contributed by atoms with E-state index in [1.807, 2.05) is 38.1 Å². The van der Waals surface area contributed by atoms with Crippen LogP contribution >= 0.6 is 0 Å². The molecule has 7 nitrogen and oxygen atoms in total. The van der Waals surface area contributed by atoms with Crippen LogP contribution in [0.5, 0.6) is 0 Å². The van der Waals surface area contributed by atoms with Gasteiger partial charge in [-0.05, 0) is 40.5 Å². The van der Waals surface area contributed by atoms with E-state index in [0.29, 0.717) is 12.8 Å². The molecule has 3 N–H and O–H groups in total. The van der Waals surface area contributed by atoms with E-state index in [4.69, 9.17) is 4.74 Å². The Morgan fingerprint density at radius 1 is 1.00 bits per heavy atom. The molecule has 2 aromatic rings. The molecular formula is C27H32N2O5. The molecule has 0 bridgehead atoms. The normalized spacial score (nSPS) is 19.2. The van der Waals surface area contributed by atoms with Crippen LogP contribution in [0.25, 0.3) is 11.1 Å². The lowest BCUT2D eigenvalue weighted by atomic mass is 9.88. The second-order valence-electron chi connectivity index (χ2n) is 10.1. The number of carbonyl (C=O) groups is 3. The van der Waals surface area contributed by atoms with Crippen LogP contribution in [0.3, 0.4) is 0 Å². The molecule has 0 radical (unpaired) electrons. The number of nitrogens with one attached hydrogen (secondary N) is 2. The van der Waals surface area contributed by atoms with Gasteiger partial charge < -0.3 is 20.5 Å². The third-order valence-electron chi connectivity index (χ3n) is 6.87. The Hall–Kier alpha value is -3.35. The maximum absolute atomic E-state index is 12.5. The van der Waals surface area contributed by atoms with Gasteiger partial charge in [-0.2, -0.15) is 0 Å². The van der Waals surface area contributed by atoms with Crippen molar-refractivity contribution < 1.29 is 24.2 Å². The monoisotopic (exact) mass is 464 g/mol. The van der Waals surface area contributed by atoms with Crippen molar-refractivity contribution >= 4 is 18.0 Å². The zero-order valence-electron chi connectivity index (χ0n) is 19.7. The number of amides is 2. The summed E-state index contributed by atoms with van der Waals surface area (Å²) in [6.45, 7) is 4.28. The molecule has 0 aromatic heterocycles. The average molecular weight is 465 g/mol. The van der Waals surface area contributed by atoms with Gasteiger partial charge >= 0.3 is 12.1 Å². The molecule has 1 saturated carbocycles. The number of hydrogen-bond donors (Lipinski definition) is 3. The molecule has 2 amide bonds. The molecule has 2 aliphatic carbocycles. The van der Waals surface area contributed by atoms with Crippen molar-refractivity contribution in [1.82, 2.24) is 10.6 Å². The second-order valence-corrected chi connectivity index (χ2v) is 10.1. The molecule has 4 rings (SSSR count). The lowest BCUT2D eigenvalue weighted by Crippen LogP contribution is -2.43. The van der Waals surface area contributed by atoms with Gasteiger partial charge in [0.25, 0.3) is 0 Å². The van der Waals surface area contributed by atoms with Crippen molar-refractivity contribution in [3.63, 3.8) is 0 Å². The molecule has 1 fully saturated rings. The topological polar surface area (TPSA) is 105 Å². The minimum absolute atomic E-state index is 0.00877. The van der Waals surface area contributed by atoms with Gasteiger partial charge in [0.2, 0.25) is 5.91 Å². The van der Waals surface area contributed by atoms with Crippen molar-refractivity contribution in [2.24, 2.45) is 11.3 Å². The van der Waals surface area contributed by atoms with Crippen molar-refractivity contribution in [2.75, 3.05) is 13.2 Å². The minimum Gasteiger partial charge on any atom is -0.481 e. The van der Waals surface area contributed by atoms with Crippen LogP contribution in [0.1, 0.15) is 56.6 Å². The summed E-state index contributed by atoms with van der Waals surface area (Å²) in [6.07, 6.45) is 1.74. The number of fused-ring (bicyclic) bond motifs is 3. The summed E-state index contributed by atoms with van der Waals surface area (Å²) in [5.74, 6) is -1.59. The molecule has 2 unspecified atom stereocenters. The average Bonchev–Trinajstić information content (AvgIpc) is 3.38. The third-order valence-corrected chi connectivity index (χ3v) is 6.87. The van der Waals surface area contributed by atoms with Crippen LogP contribution in [-0.2, 0) is 14.3 Å². The first-order chi connectivity index (χ1) is 16.2. The summed E-state index contributed by atoms with van der Waals surface area (Å²) in [7, 11) is 0. The Labute approximate surface area is 199 Å². The number of ether oxygens (including phenoxy) is 1. The van der Waals surface area contributed by atoms with E-state index < -0.39 is 23.4 Å². The summed E-state index contributed by atoms with van der Waals surface area (Å²) >= 11 is 0. The number of carbonyl (C=O) groups excluding carboxylic acids is 2. The van der Waals surface area contributed by atoms with Crippen LogP contribution in [0, 0.1) is 11.3 Å². The van der Waals surface area contributed by atoms with E-state index in [0.717, 1.165) is 17.5 Å². The first-order valence-electron chi connectivity index (χ1n) is 11.9. The van der Waals surface area contributed by atoms with Gasteiger partial charge in [-0.25, -0.2) is 4.79 Å². The maximum atomic E-state index is 12.5. The molecule has 0 aliphatic heterocycles. The minimum atomic E-state index is -0.862. The summed E-state index contributed by atoms with van der Waals surface area (Å²) in [6, 6.07) is 16.0. The SMILES string of the molecule is CC(C)(CNC(=O)OCC1c2ccccc2-c2ccccc21)CC(=O)NC1CCCC1C(=O)O. The summed E-state index contributed by atoms with van der Waals surface area (Å²) in [4.78, 5) is 36.3. The van der Waals surface area contributed by atoms with Crippen LogP contribution in [0.15, 0.2) is 48.5 Å². The molecule has 0 heterocycles. The van der Waals surface area contributed by atoms with Crippen LogP contribution in [0.2, 0.25) is 0 Å². The Morgan fingerprint density at radius 2 is 1.62 bits per heavy atom. The van der Waals surface area contributed by atoms with E-state index in [1.165, 1.54) is 11.1 Å². The highest BCUT2D eigenvalue weighted by atomic mass is 16.5. The molecular weight excluding hydrogens is 432 g/mol. The van der Waals surface area contributed by atoms with E-state index in [-0.39, 0.29) is 37.4 Å². The summed E-state index contributed by atoms with van der Waals surface area (Å²) in [5, 5.41) is 15.0. The van der Waals surface area contributed by atoms with Gasteiger partial charge in [-0.1, -0.05) is 68.8 Å². The van der Waals surface area contributed by atoms with Crippen molar-refractivity contribution in [3.8, 4) is 11.1 Å². The maximum Gasteiger partial charge on any atom is 0.407 e. The Balaban J connectivity index is 1.27. The first-order valence-corrected chi connectivity index (χ1v) is 11.9. The number of benzene rings is 2. The fourth-order valence-electron chi connectivity index (χ4n) is 5.14. The Kier molecular flexibility index (Phi) is 6.91.